The number of para-hydroxylation sites is 1. The van der Waals surface area contributed by atoms with Crippen LogP contribution in [-0.2, 0) is 5.75 Å². The molecule has 0 bridgehead atoms. The average molecular weight is 285 g/mol. The van der Waals surface area contributed by atoms with Gasteiger partial charge in [0.25, 0.3) is 0 Å². The molecule has 0 fully saturated rings. The summed E-state index contributed by atoms with van der Waals surface area (Å²) in [6.45, 7) is 4.07. The van der Waals surface area contributed by atoms with Gasteiger partial charge in [-0.15, -0.1) is 0 Å². The van der Waals surface area contributed by atoms with Gasteiger partial charge in [0.05, 0.1) is 16.5 Å². The number of hydrogen-bond acceptors (Lipinski definition) is 5. The lowest BCUT2D eigenvalue weighted by atomic mass is 10.3. The molecule has 0 unspecified atom stereocenters. The summed E-state index contributed by atoms with van der Waals surface area (Å²) >= 11 is 1.61. The zero-order chi connectivity index (χ0) is 14.1. The lowest BCUT2D eigenvalue weighted by Gasteiger charge is -2.01. The maximum absolute atomic E-state index is 5.87. The van der Waals surface area contributed by atoms with Gasteiger partial charge in [-0.3, -0.25) is 0 Å². The van der Waals surface area contributed by atoms with Crippen molar-refractivity contribution in [2.24, 2.45) is 0 Å². The number of hydrogen-bond donors (Lipinski definition) is 1. The van der Waals surface area contributed by atoms with Crippen molar-refractivity contribution in [3.05, 3.63) is 47.5 Å². The number of benzene rings is 1. The van der Waals surface area contributed by atoms with Gasteiger partial charge in [-0.1, -0.05) is 17.8 Å². The van der Waals surface area contributed by atoms with Crippen molar-refractivity contribution >= 4 is 28.5 Å². The van der Waals surface area contributed by atoms with Gasteiger partial charge in [0, 0.05) is 5.69 Å². The van der Waals surface area contributed by atoms with Crippen LogP contribution in [0.4, 0.5) is 5.69 Å². The fraction of sp³-hybridized carbons (Fsp3) is 0.200. The number of nitrogens with zero attached hydrogens (tertiary/aromatic N) is 2. The van der Waals surface area contributed by atoms with Crippen LogP contribution in [0.3, 0.4) is 0 Å². The molecule has 0 spiro atoms. The van der Waals surface area contributed by atoms with Crippen molar-refractivity contribution in [2.45, 2.75) is 24.6 Å². The first kappa shape index (κ1) is 13.0. The number of thioether (sulfide) groups is 1. The molecule has 0 aliphatic carbocycles. The second kappa shape index (κ2) is 5.17. The van der Waals surface area contributed by atoms with E-state index < -0.39 is 0 Å². The normalized spacial score (nSPS) is 11.1. The van der Waals surface area contributed by atoms with Crippen LogP contribution >= 0.6 is 11.8 Å². The minimum absolute atomic E-state index is 0.643. The van der Waals surface area contributed by atoms with E-state index >= 15 is 0 Å². The summed E-state index contributed by atoms with van der Waals surface area (Å²) in [6.07, 6.45) is 0. The first-order valence-electron chi connectivity index (χ1n) is 6.34. The average Bonchev–Trinajstić information content (AvgIpc) is 2.80. The second-order valence-corrected chi connectivity index (χ2v) is 5.71. The van der Waals surface area contributed by atoms with Crippen LogP contribution in [0.5, 0.6) is 0 Å². The first-order chi connectivity index (χ1) is 9.61. The Morgan fingerprint density at radius 2 is 2.05 bits per heavy atom. The van der Waals surface area contributed by atoms with E-state index in [0.717, 1.165) is 21.8 Å². The predicted octanol–water partition coefficient (Wildman–Crippen LogP) is 3.71. The highest BCUT2D eigenvalue weighted by Gasteiger charge is 2.09. The molecule has 3 rings (SSSR count). The fourth-order valence-electron chi connectivity index (χ4n) is 2.09. The molecule has 0 radical (unpaired) electrons. The van der Waals surface area contributed by atoms with Crippen LogP contribution in [0.25, 0.3) is 11.1 Å². The number of pyridine rings is 1. The molecular formula is C15H15N3OS. The number of nitrogens with two attached hydrogens (primary N) is 1. The number of aryl methyl sites for hydroxylation is 2. The summed E-state index contributed by atoms with van der Waals surface area (Å²) in [5.74, 6) is 1.31. The van der Waals surface area contributed by atoms with Crippen molar-refractivity contribution < 1.29 is 4.42 Å². The Hall–Kier alpha value is -2.01. The van der Waals surface area contributed by atoms with Crippen LogP contribution in [0.15, 0.2) is 39.8 Å². The number of fused-ring (bicyclic) bond motifs is 1. The monoisotopic (exact) mass is 285 g/mol. The molecule has 3 aromatic rings. The van der Waals surface area contributed by atoms with E-state index in [1.54, 1.807) is 11.8 Å². The van der Waals surface area contributed by atoms with Crippen molar-refractivity contribution in [1.29, 1.82) is 0 Å². The predicted molar refractivity (Wildman–Crippen MR) is 81.7 cm³/mol. The minimum atomic E-state index is 0.643. The van der Waals surface area contributed by atoms with E-state index in [1.165, 1.54) is 5.56 Å². The van der Waals surface area contributed by atoms with Gasteiger partial charge in [-0.2, -0.15) is 0 Å². The molecule has 0 saturated heterocycles. The Bertz CT molecular complexity index is 747. The van der Waals surface area contributed by atoms with Crippen LogP contribution < -0.4 is 5.73 Å². The van der Waals surface area contributed by atoms with Gasteiger partial charge in [-0.05, 0) is 43.7 Å². The van der Waals surface area contributed by atoms with Crippen molar-refractivity contribution in [3.63, 3.8) is 0 Å². The molecule has 0 aliphatic rings. The Balaban J connectivity index is 1.81. The summed E-state index contributed by atoms with van der Waals surface area (Å²) in [5, 5.41) is 0.984. The topological polar surface area (TPSA) is 64.9 Å². The quantitative estimate of drug-likeness (QED) is 0.587. The maximum atomic E-state index is 5.87. The van der Waals surface area contributed by atoms with Gasteiger partial charge >= 0.3 is 0 Å². The minimum Gasteiger partial charge on any atom is -0.440 e. The Morgan fingerprint density at radius 3 is 2.80 bits per heavy atom. The second-order valence-electron chi connectivity index (χ2n) is 4.71. The van der Waals surface area contributed by atoms with Gasteiger partial charge in [0.15, 0.2) is 5.58 Å². The molecule has 20 heavy (non-hydrogen) atoms. The molecule has 0 atom stereocenters. The van der Waals surface area contributed by atoms with E-state index in [9.17, 15) is 0 Å². The maximum Gasteiger partial charge on any atom is 0.205 e. The van der Waals surface area contributed by atoms with Crippen molar-refractivity contribution in [3.8, 4) is 0 Å². The largest absolute Gasteiger partial charge is 0.440 e. The van der Waals surface area contributed by atoms with Gasteiger partial charge in [-0.25, -0.2) is 9.97 Å². The smallest absolute Gasteiger partial charge is 0.205 e. The molecule has 5 heteroatoms. The molecule has 2 aromatic heterocycles. The van der Waals surface area contributed by atoms with E-state index in [4.69, 9.17) is 10.2 Å². The molecule has 1 aromatic carbocycles. The SMILES string of the molecule is Cc1cc(C)nc(SCc2nc3c(N)cccc3o2)c1. The third kappa shape index (κ3) is 2.63. The van der Waals surface area contributed by atoms with E-state index in [0.29, 0.717) is 17.3 Å². The highest BCUT2D eigenvalue weighted by molar-refractivity contribution is 7.98. The van der Waals surface area contributed by atoms with E-state index in [2.05, 4.69) is 29.0 Å². The number of aromatic nitrogens is 2. The Kier molecular flexibility index (Phi) is 3.36. The summed E-state index contributed by atoms with van der Waals surface area (Å²) in [4.78, 5) is 8.92. The van der Waals surface area contributed by atoms with Crippen LogP contribution in [0.2, 0.25) is 0 Å². The summed E-state index contributed by atoms with van der Waals surface area (Å²) in [7, 11) is 0. The number of anilines is 1. The van der Waals surface area contributed by atoms with Crippen LogP contribution in [0, 0.1) is 13.8 Å². The zero-order valence-corrected chi connectivity index (χ0v) is 12.2. The van der Waals surface area contributed by atoms with Gasteiger partial charge in [0.2, 0.25) is 5.89 Å². The lowest BCUT2D eigenvalue weighted by Crippen LogP contribution is -1.88. The Morgan fingerprint density at radius 1 is 1.20 bits per heavy atom. The van der Waals surface area contributed by atoms with E-state index in [1.807, 2.05) is 25.1 Å². The number of nitrogen functional groups attached to an aromatic ring is 1. The van der Waals surface area contributed by atoms with Gasteiger partial charge < -0.3 is 10.2 Å². The molecule has 0 saturated carbocycles. The molecule has 102 valence electrons. The fourth-order valence-corrected chi connectivity index (χ4v) is 2.96. The number of oxazole rings is 1. The molecule has 2 N–H and O–H groups in total. The molecule has 0 amide bonds. The molecule has 4 nitrogen and oxygen atoms in total. The standard InChI is InChI=1S/C15H15N3OS/c1-9-6-10(2)17-14(7-9)20-8-13-18-15-11(16)4-3-5-12(15)19-13/h3-7H,8,16H2,1-2H3. The first-order valence-corrected chi connectivity index (χ1v) is 7.32. The summed E-state index contributed by atoms with van der Waals surface area (Å²) in [6, 6.07) is 9.69. The molecule has 2 heterocycles. The van der Waals surface area contributed by atoms with Crippen molar-refractivity contribution in [1.82, 2.24) is 9.97 Å². The van der Waals surface area contributed by atoms with Gasteiger partial charge in [0.1, 0.15) is 5.52 Å². The van der Waals surface area contributed by atoms with Crippen LogP contribution in [-0.4, -0.2) is 9.97 Å². The number of rotatable bonds is 3. The highest BCUT2D eigenvalue weighted by atomic mass is 32.2. The lowest BCUT2D eigenvalue weighted by molar-refractivity contribution is 0.556. The van der Waals surface area contributed by atoms with E-state index in [-0.39, 0.29) is 0 Å². The summed E-state index contributed by atoms with van der Waals surface area (Å²) < 4.78 is 5.69. The zero-order valence-electron chi connectivity index (χ0n) is 11.4. The summed E-state index contributed by atoms with van der Waals surface area (Å²) in [5.41, 5.74) is 10.2. The van der Waals surface area contributed by atoms with Crippen LogP contribution in [0.1, 0.15) is 17.1 Å². The van der Waals surface area contributed by atoms with Crippen molar-refractivity contribution in [2.75, 3.05) is 5.73 Å². The third-order valence-corrected chi connectivity index (χ3v) is 3.81. The molecule has 0 aliphatic heterocycles. The highest BCUT2D eigenvalue weighted by Crippen LogP contribution is 2.26. The Labute approximate surface area is 121 Å². The molecular weight excluding hydrogens is 270 g/mol. The third-order valence-electron chi connectivity index (χ3n) is 2.91.